The molecule has 0 radical (unpaired) electrons. The lowest BCUT2D eigenvalue weighted by Gasteiger charge is -2.12. The fraction of sp³-hybridized carbons (Fsp3) is 0.385. The van der Waals surface area contributed by atoms with E-state index in [0.29, 0.717) is 5.69 Å². The van der Waals surface area contributed by atoms with Gasteiger partial charge in [0.2, 0.25) is 5.91 Å². The number of amides is 1. The summed E-state index contributed by atoms with van der Waals surface area (Å²) in [7, 11) is 0. The zero-order valence-corrected chi connectivity index (χ0v) is 12.5. The molecule has 1 rings (SSSR count). The quantitative estimate of drug-likeness (QED) is 0.701. The van der Waals surface area contributed by atoms with E-state index in [0.717, 1.165) is 0 Å². The maximum atomic E-state index is 12.0. The number of rotatable bonds is 6. The van der Waals surface area contributed by atoms with Crippen molar-refractivity contribution in [2.24, 2.45) is 0 Å². The third-order valence-electron chi connectivity index (χ3n) is 2.20. The van der Waals surface area contributed by atoms with E-state index in [4.69, 9.17) is 12.2 Å². The Morgan fingerprint density at radius 3 is 2.43 bits per heavy atom. The molecule has 0 atom stereocenters. The van der Waals surface area contributed by atoms with Gasteiger partial charge < -0.3 is 20.7 Å². The van der Waals surface area contributed by atoms with Crippen molar-refractivity contribution in [2.75, 3.05) is 11.9 Å². The van der Waals surface area contributed by atoms with Crippen LogP contribution in [-0.2, 0) is 4.79 Å². The van der Waals surface area contributed by atoms with Gasteiger partial charge >= 0.3 is 6.61 Å². The van der Waals surface area contributed by atoms with Gasteiger partial charge in [0.25, 0.3) is 0 Å². The summed E-state index contributed by atoms with van der Waals surface area (Å²) in [5.74, 6) is -0.111. The van der Waals surface area contributed by atoms with Gasteiger partial charge in [-0.2, -0.15) is 8.78 Å². The summed E-state index contributed by atoms with van der Waals surface area (Å²) in [4.78, 5) is 11.4. The molecule has 8 heteroatoms. The summed E-state index contributed by atoms with van der Waals surface area (Å²) in [5.41, 5.74) is 0.596. The first-order chi connectivity index (χ1) is 9.86. The van der Waals surface area contributed by atoms with Gasteiger partial charge in [-0.3, -0.25) is 4.79 Å². The number of alkyl halides is 2. The molecule has 5 nitrogen and oxygen atoms in total. The van der Waals surface area contributed by atoms with Gasteiger partial charge in [0.15, 0.2) is 5.11 Å². The lowest BCUT2D eigenvalue weighted by Crippen LogP contribution is -2.41. The van der Waals surface area contributed by atoms with Gasteiger partial charge in [0.05, 0.1) is 6.54 Å². The number of carbonyl (C=O) groups is 1. The molecule has 0 unspecified atom stereocenters. The van der Waals surface area contributed by atoms with Gasteiger partial charge in [-0.05, 0) is 50.3 Å². The second kappa shape index (κ2) is 8.35. The predicted molar refractivity (Wildman–Crippen MR) is 80.6 cm³/mol. The smallest absolute Gasteiger partial charge is 0.387 e. The number of ether oxygens (including phenoxy) is 1. The van der Waals surface area contributed by atoms with E-state index in [1.54, 1.807) is 12.1 Å². The summed E-state index contributed by atoms with van der Waals surface area (Å²) in [5, 5.41) is 8.54. The normalized spacial score (nSPS) is 10.4. The van der Waals surface area contributed by atoms with E-state index in [2.05, 4.69) is 20.7 Å². The lowest BCUT2D eigenvalue weighted by molar-refractivity contribution is -0.120. The Balaban J connectivity index is 2.39. The van der Waals surface area contributed by atoms with Crippen LogP contribution in [0.4, 0.5) is 14.5 Å². The van der Waals surface area contributed by atoms with Crippen LogP contribution in [0.25, 0.3) is 0 Å². The summed E-state index contributed by atoms with van der Waals surface area (Å²) in [6.07, 6.45) is 0. The Morgan fingerprint density at radius 1 is 1.29 bits per heavy atom. The number of hydrogen-bond donors (Lipinski definition) is 3. The fourth-order valence-corrected chi connectivity index (χ4v) is 1.62. The third-order valence-corrected chi connectivity index (χ3v) is 2.44. The van der Waals surface area contributed by atoms with E-state index in [1.807, 2.05) is 13.8 Å². The third kappa shape index (κ3) is 7.40. The molecule has 21 heavy (non-hydrogen) atoms. The summed E-state index contributed by atoms with van der Waals surface area (Å²) < 4.78 is 28.2. The molecule has 0 aliphatic carbocycles. The van der Waals surface area contributed by atoms with Crippen molar-refractivity contribution in [3.63, 3.8) is 0 Å². The van der Waals surface area contributed by atoms with E-state index in [9.17, 15) is 13.6 Å². The number of carbonyl (C=O) groups excluding carboxylic acids is 1. The number of halogens is 2. The fourth-order valence-electron chi connectivity index (χ4n) is 1.43. The molecular weight excluding hydrogens is 300 g/mol. The Kier molecular flexibility index (Phi) is 6.80. The van der Waals surface area contributed by atoms with Gasteiger partial charge in [-0.25, -0.2) is 0 Å². The van der Waals surface area contributed by atoms with Crippen molar-refractivity contribution in [3.05, 3.63) is 24.3 Å². The molecule has 0 spiro atoms. The maximum absolute atomic E-state index is 12.0. The first-order valence-electron chi connectivity index (χ1n) is 6.26. The van der Waals surface area contributed by atoms with Crippen molar-refractivity contribution in [1.29, 1.82) is 0 Å². The van der Waals surface area contributed by atoms with Crippen molar-refractivity contribution in [3.8, 4) is 5.75 Å². The van der Waals surface area contributed by atoms with Crippen molar-refractivity contribution < 1.29 is 18.3 Å². The van der Waals surface area contributed by atoms with E-state index in [1.165, 1.54) is 12.1 Å². The van der Waals surface area contributed by atoms with Gasteiger partial charge in [-0.1, -0.05) is 0 Å². The van der Waals surface area contributed by atoms with Crippen LogP contribution in [0.15, 0.2) is 24.3 Å². The molecule has 0 aromatic heterocycles. The minimum atomic E-state index is -2.86. The molecule has 1 aromatic carbocycles. The van der Waals surface area contributed by atoms with Crippen LogP contribution >= 0.6 is 12.2 Å². The monoisotopic (exact) mass is 317 g/mol. The van der Waals surface area contributed by atoms with Gasteiger partial charge in [0, 0.05) is 11.7 Å². The molecular formula is C13H17F2N3O2S. The van der Waals surface area contributed by atoms with Crippen LogP contribution in [0.2, 0.25) is 0 Å². The number of benzene rings is 1. The van der Waals surface area contributed by atoms with Crippen LogP contribution in [0.3, 0.4) is 0 Å². The molecule has 0 bridgehead atoms. The zero-order valence-electron chi connectivity index (χ0n) is 11.7. The molecule has 0 saturated carbocycles. The van der Waals surface area contributed by atoms with Gasteiger partial charge in [-0.15, -0.1) is 0 Å². The van der Waals surface area contributed by atoms with Crippen LogP contribution in [0.5, 0.6) is 5.75 Å². The number of thiocarbonyl (C=S) groups is 1. The Bertz CT molecular complexity index is 481. The molecule has 116 valence electrons. The topological polar surface area (TPSA) is 62.4 Å². The van der Waals surface area contributed by atoms with Crippen molar-refractivity contribution in [1.82, 2.24) is 10.6 Å². The molecule has 3 N–H and O–H groups in total. The van der Waals surface area contributed by atoms with Crippen LogP contribution in [-0.4, -0.2) is 30.2 Å². The zero-order chi connectivity index (χ0) is 15.8. The number of hydrogen-bond acceptors (Lipinski definition) is 3. The first kappa shape index (κ1) is 17.1. The van der Waals surface area contributed by atoms with Crippen LogP contribution < -0.4 is 20.7 Å². The standard InChI is InChI=1S/C13H17F2N3O2S/c1-8(2)17-11(19)7-16-13(21)18-9-3-5-10(6-4-9)20-12(14)15/h3-6,8,12H,7H2,1-2H3,(H,17,19)(H2,16,18,21). The number of anilines is 1. The van der Waals surface area contributed by atoms with Gasteiger partial charge in [0.1, 0.15) is 5.75 Å². The van der Waals surface area contributed by atoms with E-state index in [-0.39, 0.29) is 29.4 Å². The molecule has 0 aliphatic heterocycles. The van der Waals surface area contributed by atoms with Crippen LogP contribution in [0, 0.1) is 0 Å². The predicted octanol–water partition coefficient (Wildman–Crippen LogP) is 2.10. The molecule has 1 amide bonds. The Morgan fingerprint density at radius 2 is 1.90 bits per heavy atom. The Hall–Kier alpha value is -1.96. The summed E-state index contributed by atoms with van der Waals surface area (Å²) in [6, 6.07) is 5.92. The second-order valence-corrected chi connectivity index (χ2v) is 4.84. The van der Waals surface area contributed by atoms with Crippen LogP contribution in [0.1, 0.15) is 13.8 Å². The largest absolute Gasteiger partial charge is 0.435 e. The maximum Gasteiger partial charge on any atom is 0.387 e. The summed E-state index contributed by atoms with van der Waals surface area (Å²) >= 11 is 5.02. The molecule has 0 fully saturated rings. The highest BCUT2D eigenvalue weighted by Crippen LogP contribution is 2.17. The summed E-state index contributed by atoms with van der Waals surface area (Å²) in [6.45, 7) is 0.914. The SMILES string of the molecule is CC(C)NC(=O)CNC(=S)Nc1ccc(OC(F)F)cc1. The highest BCUT2D eigenvalue weighted by molar-refractivity contribution is 7.80. The van der Waals surface area contributed by atoms with Crippen molar-refractivity contribution >= 4 is 28.9 Å². The molecule has 0 heterocycles. The molecule has 1 aromatic rings. The second-order valence-electron chi connectivity index (χ2n) is 4.43. The van der Waals surface area contributed by atoms with E-state index < -0.39 is 6.61 Å². The lowest BCUT2D eigenvalue weighted by atomic mass is 10.3. The first-order valence-corrected chi connectivity index (χ1v) is 6.66. The Labute approximate surface area is 127 Å². The number of nitrogens with one attached hydrogen (secondary N) is 3. The van der Waals surface area contributed by atoms with E-state index >= 15 is 0 Å². The average Bonchev–Trinajstić information content (AvgIpc) is 2.37. The minimum Gasteiger partial charge on any atom is -0.435 e. The average molecular weight is 317 g/mol. The highest BCUT2D eigenvalue weighted by atomic mass is 32.1. The minimum absolute atomic E-state index is 0.0522. The highest BCUT2D eigenvalue weighted by Gasteiger charge is 2.06. The molecule has 0 saturated heterocycles. The molecule has 0 aliphatic rings. The van der Waals surface area contributed by atoms with Crippen molar-refractivity contribution in [2.45, 2.75) is 26.5 Å².